The normalized spacial score (nSPS) is 23.0. The third-order valence-electron chi connectivity index (χ3n) is 6.56. The van der Waals surface area contributed by atoms with Gasteiger partial charge in [0.1, 0.15) is 11.6 Å². The molecule has 1 amide bonds. The Hall–Kier alpha value is -2.93. The third kappa shape index (κ3) is 5.27. The lowest BCUT2D eigenvalue weighted by molar-refractivity contribution is -0.123. The molecule has 32 heavy (non-hydrogen) atoms. The van der Waals surface area contributed by atoms with Crippen LogP contribution >= 0.6 is 0 Å². The summed E-state index contributed by atoms with van der Waals surface area (Å²) in [5, 5.41) is 26.4. The van der Waals surface area contributed by atoms with Crippen molar-refractivity contribution in [2.75, 3.05) is 26.0 Å². The third-order valence-corrected chi connectivity index (χ3v) is 6.56. The number of phenolic OH excluding ortho intramolecular Hbond substituents is 1. The summed E-state index contributed by atoms with van der Waals surface area (Å²) in [7, 11) is 3.42. The summed E-state index contributed by atoms with van der Waals surface area (Å²) in [4.78, 5) is 13.4. The first-order chi connectivity index (χ1) is 15.4. The van der Waals surface area contributed by atoms with E-state index in [0.29, 0.717) is 29.3 Å². The minimum Gasteiger partial charge on any atom is -0.507 e. The second-order valence-electron chi connectivity index (χ2n) is 9.31. The Bertz CT molecular complexity index is 974. The molecule has 2 fully saturated rings. The summed E-state index contributed by atoms with van der Waals surface area (Å²) in [5.41, 5.74) is 2.81. The number of carbonyl (C=O) groups excluding carboxylic acids is 1. The quantitative estimate of drug-likeness (QED) is 0.600. The fourth-order valence-corrected chi connectivity index (χ4v) is 4.76. The molecule has 3 heterocycles. The van der Waals surface area contributed by atoms with Crippen LogP contribution in [0, 0.1) is 5.92 Å². The molecule has 7 nitrogen and oxygen atoms in total. The molecule has 2 aliphatic rings. The van der Waals surface area contributed by atoms with Crippen LogP contribution in [0.15, 0.2) is 36.4 Å². The van der Waals surface area contributed by atoms with E-state index in [4.69, 9.17) is 0 Å². The van der Waals surface area contributed by atoms with Gasteiger partial charge < -0.3 is 20.6 Å². The summed E-state index contributed by atoms with van der Waals surface area (Å²) in [6.45, 7) is 2.77. The SMILES string of the molecule is C/C(=C\C(=O)N(C)C)c1ccc(-c2ccc(NCC3CC4CCCC(C3)N4)nn2)c(O)c1. The average Bonchev–Trinajstić information content (AvgIpc) is 2.77. The topological polar surface area (TPSA) is 90.4 Å². The highest BCUT2D eigenvalue weighted by molar-refractivity contribution is 5.94. The highest BCUT2D eigenvalue weighted by atomic mass is 16.3. The largest absolute Gasteiger partial charge is 0.507 e. The number of nitrogens with one attached hydrogen (secondary N) is 2. The molecule has 0 saturated carbocycles. The van der Waals surface area contributed by atoms with Crippen LogP contribution in [-0.4, -0.2) is 58.8 Å². The Labute approximate surface area is 189 Å². The molecule has 7 heteroatoms. The lowest BCUT2D eigenvalue weighted by Gasteiger charge is -2.40. The molecular formula is C25H33N5O2. The number of benzene rings is 1. The van der Waals surface area contributed by atoms with E-state index in [0.717, 1.165) is 23.5 Å². The van der Waals surface area contributed by atoms with Crippen molar-refractivity contribution in [3.05, 3.63) is 42.0 Å². The van der Waals surface area contributed by atoms with Crippen molar-refractivity contribution >= 4 is 17.3 Å². The van der Waals surface area contributed by atoms with Crippen LogP contribution in [0.3, 0.4) is 0 Å². The highest BCUT2D eigenvalue weighted by Gasteiger charge is 2.30. The highest BCUT2D eigenvalue weighted by Crippen LogP contribution is 2.32. The zero-order valence-corrected chi connectivity index (χ0v) is 19.1. The predicted octanol–water partition coefficient (Wildman–Crippen LogP) is 3.67. The molecular weight excluding hydrogens is 402 g/mol. The number of fused-ring (bicyclic) bond motifs is 2. The van der Waals surface area contributed by atoms with Gasteiger partial charge in [-0.1, -0.05) is 12.5 Å². The van der Waals surface area contributed by atoms with Crippen LogP contribution in [0.4, 0.5) is 5.82 Å². The van der Waals surface area contributed by atoms with Gasteiger partial charge in [-0.2, -0.15) is 0 Å². The molecule has 2 aliphatic heterocycles. The van der Waals surface area contributed by atoms with Gasteiger partial charge in [-0.3, -0.25) is 4.79 Å². The number of anilines is 1. The molecule has 2 atom stereocenters. The van der Waals surface area contributed by atoms with Crippen molar-refractivity contribution in [3.8, 4) is 17.0 Å². The minimum absolute atomic E-state index is 0.0901. The summed E-state index contributed by atoms with van der Waals surface area (Å²) < 4.78 is 0. The van der Waals surface area contributed by atoms with E-state index in [1.54, 1.807) is 26.2 Å². The number of aromatic hydroxyl groups is 1. The van der Waals surface area contributed by atoms with Crippen LogP contribution in [-0.2, 0) is 4.79 Å². The molecule has 2 unspecified atom stereocenters. The maximum atomic E-state index is 11.9. The smallest absolute Gasteiger partial charge is 0.246 e. The Morgan fingerprint density at radius 1 is 1.19 bits per heavy atom. The number of phenols is 1. The standard InChI is InChI=1S/C25H33N5O2/c1-16(11-25(32)30(2)3)18-7-8-21(23(31)14-18)22-9-10-24(29-28-22)26-15-17-12-19-5-4-6-20(13-17)27-19/h7-11,14,17,19-20,27,31H,4-6,12-13,15H2,1-3H3,(H,26,29)/b16-11+. The Balaban J connectivity index is 1.39. The number of allylic oxidation sites excluding steroid dienone is 1. The van der Waals surface area contributed by atoms with Crippen LogP contribution in [0.2, 0.25) is 0 Å². The van der Waals surface area contributed by atoms with Gasteiger partial charge in [0, 0.05) is 44.4 Å². The number of hydrogen-bond acceptors (Lipinski definition) is 6. The van der Waals surface area contributed by atoms with Crippen molar-refractivity contribution in [2.45, 2.75) is 51.1 Å². The first kappa shape index (κ1) is 22.3. The fourth-order valence-electron chi connectivity index (χ4n) is 4.76. The summed E-state index contributed by atoms with van der Waals surface area (Å²) >= 11 is 0. The zero-order valence-electron chi connectivity index (χ0n) is 19.1. The summed E-state index contributed by atoms with van der Waals surface area (Å²) in [5.74, 6) is 1.45. The molecule has 0 aliphatic carbocycles. The van der Waals surface area contributed by atoms with Crippen LogP contribution in [0.25, 0.3) is 16.8 Å². The molecule has 2 bridgehead atoms. The number of likely N-dealkylation sites (N-methyl/N-ethyl adjacent to an activating group) is 1. The summed E-state index contributed by atoms with van der Waals surface area (Å²) in [6.07, 6.45) is 7.96. The molecule has 4 rings (SSSR count). The first-order valence-electron chi connectivity index (χ1n) is 11.5. The van der Waals surface area contributed by atoms with E-state index in [1.165, 1.54) is 37.0 Å². The van der Waals surface area contributed by atoms with Crippen molar-refractivity contribution in [1.29, 1.82) is 0 Å². The second-order valence-corrected chi connectivity index (χ2v) is 9.31. The van der Waals surface area contributed by atoms with Crippen molar-refractivity contribution in [1.82, 2.24) is 20.4 Å². The number of aromatic nitrogens is 2. The van der Waals surface area contributed by atoms with Gasteiger partial charge in [0.2, 0.25) is 5.91 Å². The van der Waals surface area contributed by atoms with Crippen molar-refractivity contribution < 1.29 is 9.90 Å². The number of rotatable bonds is 6. The number of nitrogens with zero attached hydrogens (tertiary/aromatic N) is 3. The van der Waals surface area contributed by atoms with E-state index in [9.17, 15) is 9.90 Å². The Morgan fingerprint density at radius 3 is 2.56 bits per heavy atom. The van der Waals surface area contributed by atoms with Crippen LogP contribution in [0.1, 0.15) is 44.6 Å². The van der Waals surface area contributed by atoms with Gasteiger partial charge in [-0.25, -0.2) is 0 Å². The molecule has 0 spiro atoms. The van der Waals surface area contributed by atoms with E-state index in [1.807, 2.05) is 31.2 Å². The molecule has 2 aromatic rings. The average molecular weight is 436 g/mol. The maximum Gasteiger partial charge on any atom is 0.246 e. The number of piperidine rings is 2. The molecule has 2 saturated heterocycles. The minimum atomic E-state index is -0.0901. The van der Waals surface area contributed by atoms with Gasteiger partial charge in [0.25, 0.3) is 0 Å². The van der Waals surface area contributed by atoms with E-state index < -0.39 is 0 Å². The molecule has 1 aromatic heterocycles. The number of carbonyl (C=O) groups is 1. The Kier molecular flexibility index (Phi) is 6.74. The van der Waals surface area contributed by atoms with Crippen LogP contribution in [0.5, 0.6) is 5.75 Å². The first-order valence-corrected chi connectivity index (χ1v) is 11.5. The Morgan fingerprint density at radius 2 is 1.94 bits per heavy atom. The van der Waals surface area contributed by atoms with Gasteiger partial charge in [0.15, 0.2) is 0 Å². The number of hydrogen-bond donors (Lipinski definition) is 3. The van der Waals surface area contributed by atoms with Gasteiger partial charge in [-0.15, -0.1) is 10.2 Å². The van der Waals surface area contributed by atoms with Crippen molar-refractivity contribution in [2.24, 2.45) is 5.92 Å². The molecule has 3 N–H and O–H groups in total. The van der Waals surface area contributed by atoms with Crippen molar-refractivity contribution in [3.63, 3.8) is 0 Å². The number of amides is 1. The fraction of sp³-hybridized carbons (Fsp3) is 0.480. The zero-order chi connectivity index (χ0) is 22.7. The summed E-state index contributed by atoms with van der Waals surface area (Å²) in [6, 6.07) is 10.5. The molecule has 0 radical (unpaired) electrons. The van der Waals surface area contributed by atoms with E-state index in [-0.39, 0.29) is 11.7 Å². The molecule has 170 valence electrons. The predicted molar refractivity (Wildman–Crippen MR) is 127 cm³/mol. The molecule has 1 aromatic carbocycles. The lowest BCUT2D eigenvalue weighted by Crippen LogP contribution is -2.49. The second kappa shape index (κ2) is 9.69. The van der Waals surface area contributed by atoms with E-state index >= 15 is 0 Å². The van der Waals surface area contributed by atoms with Gasteiger partial charge >= 0.3 is 0 Å². The van der Waals surface area contributed by atoms with Gasteiger partial charge in [-0.05, 0) is 73.9 Å². The van der Waals surface area contributed by atoms with Gasteiger partial charge in [0.05, 0.1) is 5.69 Å². The van der Waals surface area contributed by atoms with Crippen LogP contribution < -0.4 is 10.6 Å². The monoisotopic (exact) mass is 435 g/mol. The lowest BCUT2D eigenvalue weighted by atomic mass is 9.80. The van der Waals surface area contributed by atoms with E-state index in [2.05, 4.69) is 20.8 Å². The maximum absolute atomic E-state index is 11.9.